The van der Waals surface area contributed by atoms with Crippen LogP contribution in [0.25, 0.3) is 0 Å². The zero-order chi connectivity index (χ0) is 15.1. The van der Waals surface area contributed by atoms with E-state index in [1.54, 1.807) is 12.4 Å². The van der Waals surface area contributed by atoms with Crippen molar-refractivity contribution in [3.05, 3.63) is 34.6 Å². The molecule has 0 saturated carbocycles. The Labute approximate surface area is 135 Å². The van der Waals surface area contributed by atoms with E-state index in [1.165, 1.54) is 30.1 Å². The zero-order valence-corrected chi connectivity index (χ0v) is 13.6. The van der Waals surface area contributed by atoms with Crippen molar-refractivity contribution in [2.75, 3.05) is 11.4 Å². The number of aryl methyl sites for hydroxylation is 1. The van der Waals surface area contributed by atoms with Crippen molar-refractivity contribution in [2.24, 2.45) is 7.05 Å². The molecule has 0 bridgehead atoms. The van der Waals surface area contributed by atoms with E-state index in [0.717, 1.165) is 38.2 Å². The third-order valence-corrected chi connectivity index (χ3v) is 5.02. The average Bonchev–Trinajstić information content (AvgIpc) is 3.13. The topological polar surface area (TPSA) is 46.8 Å². The number of aromatic nitrogens is 4. The SMILES string of the molecule is Cn1c(C2CCCN2c2ncc(Cl)cn2)nc2c1CCCC2. The number of rotatable bonds is 2. The summed E-state index contributed by atoms with van der Waals surface area (Å²) < 4.78 is 2.31. The summed E-state index contributed by atoms with van der Waals surface area (Å²) in [4.78, 5) is 16.0. The van der Waals surface area contributed by atoms with Gasteiger partial charge in [-0.1, -0.05) is 11.6 Å². The number of anilines is 1. The van der Waals surface area contributed by atoms with Crippen molar-refractivity contribution in [3.8, 4) is 0 Å². The molecule has 0 aromatic carbocycles. The molecule has 4 rings (SSSR count). The molecule has 0 radical (unpaired) electrons. The molecule has 6 heteroatoms. The molecule has 1 saturated heterocycles. The summed E-state index contributed by atoms with van der Waals surface area (Å²) in [6, 6.07) is 0.275. The van der Waals surface area contributed by atoms with Gasteiger partial charge in [0.25, 0.3) is 0 Å². The number of hydrogen-bond donors (Lipinski definition) is 0. The highest BCUT2D eigenvalue weighted by Crippen LogP contribution is 2.35. The third-order valence-electron chi connectivity index (χ3n) is 4.82. The number of imidazole rings is 1. The lowest BCUT2D eigenvalue weighted by Gasteiger charge is -2.24. The second-order valence-corrected chi connectivity index (χ2v) is 6.62. The Bertz CT molecular complexity index is 679. The third kappa shape index (κ3) is 2.28. The van der Waals surface area contributed by atoms with Gasteiger partial charge in [0, 0.05) is 19.3 Å². The van der Waals surface area contributed by atoms with Gasteiger partial charge in [0.1, 0.15) is 5.82 Å². The lowest BCUT2D eigenvalue weighted by atomic mass is 10.0. The first-order valence-electron chi connectivity index (χ1n) is 8.02. The Morgan fingerprint density at radius 2 is 1.91 bits per heavy atom. The average molecular weight is 318 g/mol. The Morgan fingerprint density at radius 1 is 1.14 bits per heavy atom. The first-order valence-corrected chi connectivity index (χ1v) is 8.40. The van der Waals surface area contributed by atoms with Crippen molar-refractivity contribution in [3.63, 3.8) is 0 Å². The molecule has 0 N–H and O–H groups in total. The van der Waals surface area contributed by atoms with Crippen LogP contribution in [0.15, 0.2) is 12.4 Å². The summed E-state index contributed by atoms with van der Waals surface area (Å²) >= 11 is 5.91. The molecule has 1 aliphatic carbocycles. The highest BCUT2D eigenvalue weighted by molar-refractivity contribution is 6.30. The number of nitrogens with zero attached hydrogens (tertiary/aromatic N) is 5. The summed E-state index contributed by atoms with van der Waals surface area (Å²) in [5.41, 5.74) is 2.72. The lowest BCUT2D eigenvalue weighted by Crippen LogP contribution is -2.26. The quantitative estimate of drug-likeness (QED) is 0.854. The van der Waals surface area contributed by atoms with E-state index in [4.69, 9.17) is 16.6 Å². The molecule has 3 heterocycles. The standard InChI is InChI=1S/C16H20ClN5/c1-21-13-6-3-2-5-12(13)20-15(21)14-7-4-8-22(14)16-18-9-11(17)10-19-16/h9-10,14H,2-8H2,1H3. The largest absolute Gasteiger partial charge is 0.333 e. The first kappa shape index (κ1) is 14.0. The van der Waals surface area contributed by atoms with Gasteiger partial charge in [-0.25, -0.2) is 15.0 Å². The Hall–Kier alpha value is -1.62. The van der Waals surface area contributed by atoms with Crippen LogP contribution < -0.4 is 4.90 Å². The van der Waals surface area contributed by atoms with Gasteiger partial charge in [-0.15, -0.1) is 0 Å². The van der Waals surface area contributed by atoms with E-state index in [0.29, 0.717) is 5.02 Å². The van der Waals surface area contributed by atoms with Crippen LogP contribution in [0, 0.1) is 0 Å². The monoisotopic (exact) mass is 317 g/mol. The predicted molar refractivity (Wildman–Crippen MR) is 86.2 cm³/mol. The van der Waals surface area contributed by atoms with Gasteiger partial charge in [0.2, 0.25) is 5.95 Å². The van der Waals surface area contributed by atoms with E-state index in [1.807, 2.05) is 0 Å². The molecule has 2 aromatic heterocycles. The summed E-state index contributed by atoms with van der Waals surface area (Å²) in [5.74, 6) is 1.93. The van der Waals surface area contributed by atoms with Crippen LogP contribution in [0.3, 0.4) is 0 Å². The number of fused-ring (bicyclic) bond motifs is 1. The molecule has 22 heavy (non-hydrogen) atoms. The number of hydrogen-bond acceptors (Lipinski definition) is 4. The highest BCUT2D eigenvalue weighted by atomic mass is 35.5. The number of halogens is 1. The molecule has 2 aliphatic rings. The van der Waals surface area contributed by atoms with Gasteiger partial charge in [0.05, 0.1) is 29.2 Å². The summed E-state index contributed by atoms with van der Waals surface area (Å²) in [7, 11) is 2.16. The molecule has 2 aromatic rings. The maximum atomic E-state index is 5.91. The molecule has 1 unspecified atom stereocenters. The maximum Gasteiger partial charge on any atom is 0.225 e. The van der Waals surface area contributed by atoms with Crippen LogP contribution in [0.1, 0.15) is 48.9 Å². The van der Waals surface area contributed by atoms with E-state index in [-0.39, 0.29) is 6.04 Å². The minimum absolute atomic E-state index is 0.275. The molecule has 1 aliphatic heterocycles. The van der Waals surface area contributed by atoms with Crippen LogP contribution in [0.5, 0.6) is 0 Å². The molecule has 116 valence electrons. The van der Waals surface area contributed by atoms with Gasteiger partial charge >= 0.3 is 0 Å². The minimum Gasteiger partial charge on any atom is -0.333 e. The minimum atomic E-state index is 0.275. The van der Waals surface area contributed by atoms with Crippen molar-refractivity contribution in [1.29, 1.82) is 0 Å². The van der Waals surface area contributed by atoms with Gasteiger partial charge in [-0.05, 0) is 38.5 Å². The van der Waals surface area contributed by atoms with Crippen molar-refractivity contribution in [1.82, 2.24) is 19.5 Å². The Morgan fingerprint density at radius 3 is 2.68 bits per heavy atom. The van der Waals surface area contributed by atoms with Gasteiger partial charge in [0.15, 0.2) is 0 Å². The second kappa shape index (κ2) is 5.54. The lowest BCUT2D eigenvalue weighted by molar-refractivity contribution is 0.604. The summed E-state index contributed by atoms with van der Waals surface area (Å²) in [6.07, 6.45) is 10.4. The Balaban J connectivity index is 1.69. The van der Waals surface area contributed by atoms with E-state index in [9.17, 15) is 0 Å². The van der Waals surface area contributed by atoms with Gasteiger partial charge in [-0.2, -0.15) is 0 Å². The first-order chi connectivity index (χ1) is 10.7. The molecule has 1 fully saturated rings. The molecule has 5 nitrogen and oxygen atoms in total. The Kier molecular flexibility index (Phi) is 3.53. The smallest absolute Gasteiger partial charge is 0.225 e. The summed E-state index contributed by atoms with van der Waals surface area (Å²) in [6.45, 7) is 0.976. The van der Waals surface area contributed by atoms with Crippen molar-refractivity contribution >= 4 is 17.5 Å². The molecule has 1 atom stereocenters. The van der Waals surface area contributed by atoms with Crippen LogP contribution in [-0.2, 0) is 19.9 Å². The van der Waals surface area contributed by atoms with Crippen LogP contribution in [0.4, 0.5) is 5.95 Å². The molecule has 0 spiro atoms. The fraction of sp³-hybridized carbons (Fsp3) is 0.562. The van der Waals surface area contributed by atoms with E-state index < -0.39 is 0 Å². The fourth-order valence-corrected chi connectivity index (χ4v) is 3.83. The van der Waals surface area contributed by atoms with Gasteiger partial charge in [-0.3, -0.25) is 0 Å². The van der Waals surface area contributed by atoms with E-state index >= 15 is 0 Å². The normalized spacial score (nSPS) is 21.2. The van der Waals surface area contributed by atoms with E-state index in [2.05, 4.69) is 26.5 Å². The molecule has 0 amide bonds. The van der Waals surface area contributed by atoms with Crippen LogP contribution in [0.2, 0.25) is 5.02 Å². The molecular weight excluding hydrogens is 298 g/mol. The fourth-order valence-electron chi connectivity index (χ4n) is 3.73. The van der Waals surface area contributed by atoms with Crippen molar-refractivity contribution in [2.45, 2.75) is 44.6 Å². The van der Waals surface area contributed by atoms with Crippen molar-refractivity contribution < 1.29 is 0 Å². The van der Waals surface area contributed by atoms with Gasteiger partial charge < -0.3 is 9.47 Å². The van der Waals surface area contributed by atoms with Crippen LogP contribution >= 0.6 is 11.6 Å². The summed E-state index contributed by atoms with van der Waals surface area (Å²) in [5, 5.41) is 0.576. The highest BCUT2D eigenvalue weighted by Gasteiger charge is 2.32. The van der Waals surface area contributed by atoms with Crippen LogP contribution in [-0.4, -0.2) is 26.1 Å². The zero-order valence-electron chi connectivity index (χ0n) is 12.8. The molecular formula is C16H20ClN5. The maximum absolute atomic E-state index is 5.91. The predicted octanol–water partition coefficient (Wildman–Crippen LogP) is 3.08. The second-order valence-electron chi connectivity index (χ2n) is 6.18.